The first kappa shape index (κ1) is 15.2. The first-order valence-corrected chi connectivity index (χ1v) is 7.71. The number of hydrogen-bond donors (Lipinski definition) is 2. The molecule has 0 fully saturated rings. The van der Waals surface area contributed by atoms with Gasteiger partial charge in [-0.25, -0.2) is 4.98 Å². The lowest BCUT2D eigenvalue weighted by atomic mass is 9.87. The van der Waals surface area contributed by atoms with E-state index in [0.29, 0.717) is 0 Å². The van der Waals surface area contributed by atoms with Crippen LogP contribution in [0.1, 0.15) is 32.9 Å². The summed E-state index contributed by atoms with van der Waals surface area (Å²) in [5, 5.41) is 15.8. The van der Waals surface area contributed by atoms with Crippen LogP contribution in [-0.2, 0) is 6.54 Å². The number of thiazole rings is 1. The van der Waals surface area contributed by atoms with Gasteiger partial charge in [0, 0.05) is 18.5 Å². The van der Waals surface area contributed by atoms with Crippen LogP contribution >= 0.6 is 11.3 Å². The van der Waals surface area contributed by atoms with Crippen LogP contribution in [0.3, 0.4) is 0 Å². The number of aliphatic hydroxyl groups is 1. The van der Waals surface area contributed by atoms with Crippen molar-refractivity contribution in [1.82, 2.24) is 10.3 Å². The van der Waals surface area contributed by atoms with Crippen molar-refractivity contribution in [2.75, 3.05) is 6.54 Å². The van der Waals surface area contributed by atoms with Crippen LogP contribution in [-0.4, -0.2) is 22.7 Å². The van der Waals surface area contributed by atoms with Crippen molar-refractivity contribution in [3.05, 3.63) is 29.5 Å². The number of nitrogens with zero attached hydrogens (tertiary/aromatic N) is 1. The molecule has 110 valence electrons. The third kappa shape index (κ3) is 4.44. The van der Waals surface area contributed by atoms with Gasteiger partial charge in [0.2, 0.25) is 0 Å². The van der Waals surface area contributed by atoms with Gasteiger partial charge in [-0.05, 0) is 30.9 Å². The van der Waals surface area contributed by atoms with Gasteiger partial charge < -0.3 is 14.8 Å². The average Bonchev–Trinajstić information content (AvgIpc) is 2.96. The van der Waals surface area contributed by atoms with E-state index in [1.165, 1.54) is 0 Å². The zero-order valence-electron chi connectivity index (χ0n) is 12.2. The van der Waals surface area contributed by atoms with Gasteiger partial charge in [0.25, 0.3) is 0 Å². The third-order valence-corrected chi connectivity index (χ3v) is 3.95. The maximum atomic E-state index is 9.46. The molecular weight excluding hydrogens is 272 g/mol. The number of nitrogens with one attached hydrogen (secondary N) is 1. The molecule has 4 nitrogen and oxygen atoms in total. The first-order valence-electron chi connectivity index (χ1n) is 6.83. The molecule has 0 aliphatic carbocycles. The van der Waals surface area contributed by atoms with Crippen LogP contribution < -0.4 is 5.32 Å². The maximum Gasteiger partial charge on any atom is 0.162 e. The SMILES string of the molecule is CC(O)CC(C)(C)CNCc1csc(-c2ccco2)n1. The topological polar surface area (TPSA) is 58.3 Å². The second kappa shape index (κ2) is 6.52. The summed E-state index contributed by atoms with van der Waals surface area (Å²) in [5.41, 5.74) is 1.10. The fourth-order valence-corrected chi connectivity index (χ4v) is 3.09. The Bertz CT molecular complexity index is 518. The Morgan fingerprint density at radius 2 is 2.30 bits per heavy atom. The van der Waals surface area contributed by atoms with Crippen LogP contribution in [0.4, 0.5) is 0 Å². The summed E-state index contributed by atoms with van der Waals surface area (Å²) in [4.78, 5) is 4.55. The van der Waals surface area contributed by atoms with Crippen LogP contribution in [0.15, 0.2) is 28.2 Å². The molecule has 0 aliphatic heterocycles. The molecule has 2 heterocycles. The van der Waals surface area contributed by atoms with E-state index >= 15 is 0 Å². The molecule has 2 aromatic rings. The summed E-state index contributed by atoms with van der Waals surface area (Å²) in [7, 11) is 0. The predicted molar refractivity (Wildman–Crippen MR) is 81.6 cm³/mol. The van der Waals surface area contributed by atoms with Gasteiger partial charge in [-0.2, -0.15) is 0 Å². The van der Waals surface area contributed by atoms with Gasteiger partial charge in [0.05, 0.1) is 18.1 Å². The van der Waals surface area contributed by atoms with Crippen LogP contribution in [0.2, 0.25) is 0 Å². The van der Waals surface area contributed by atoms with E-state index in [4.69, 9.17) is 4.42 Å². The van der Waals surface area contributed by atoms with Gasteiger partial charge in [-0.15, -0.1) is 11.3 Å². The lowest BCUT2D eigenvalue weighted by Gasteiger charge is -2.26. The molecule has 0 bridgehead atoms. The molecule has 0 amide bonds. The van der Waals surface area contributed by atoms with Crippen molar-refractivity contribution in [1.29, 1.82) is 0 Å². The first-order chi connectivity index (χ1) is 9.46. The Morgan fingerprint density at radius 1 is 1.50 bits per heavy atom. The monoisotopic (exact) mass is 294 g/mol. The van der Waals surface area contributed by atoms with E-state index in [0.717, 1.165) is 36.0 Å². The van der Waals surface area contributed by atoms with Crippen molar-refractivity contribution in [3.63, 3.8) is 0 Å². The highest BCUT2D eigenvalue weighted by Crippen LogP contribution is 2.24. The van der Waals surface area contributed by atoms with Crippen molar-refractivity contribution in [3.8, 4) is 10.8 Å². The molecule has 2 rings (SSSR count). The second-order valence-corrected chi connectivity index (χ2v) is 6.80. The fourth-order valence-electron chi connectivity index (χ4n) is 2.30. The lowest BCUT2D eigenvalue weighted by Crippen LogP contribution is -2.31. The molecule has 0 saturated heterocycles. The molecule has 0 radical (unpaired) electrons. The zero-order valence-corrected chi connectivity index (χ0v) is 13.0. The normalized spacial score (nSPS) is 13.6. The van der Waals surface area contributed by atoms with E-state index in [2.05, 4.69) is 24.1 Å². The van der Waals surface area contributed by atoms with Crippen molar-refractivity contribution in [2.45, 2.75) is 39.8 Å². The number of furan rings is 1. The number of rotatable bonds is 7. The van der Waals surface area contributed by atoms with E-state index in [-0.39, 0.29) is 11.5 Å². The minimum absolute atomic E-state index is 0.0774. The Hall–Kier alpha value is -1.17. The molecule has 2 aromatic heterocycles. The van der Waals surface area contributed by atoms with Gasteiger partial charge in [0.1, 0.15) is 0 Å². The summed E-state index contributed by atoms with van der Waals surface area (Å²) in [6.07, 6.45) is 2.18. The van der Waals surface area contributed by atoms with E-state index in [1.54, 1.807) is 17.6 Å². The summed E-state index contributed by atoms with van der Waals surface area (Å²) in [5.74, 6) is 0.815. The van der Waals surface area contributed by atoms with Crippen molar-refractivity contribution >= 4 is 11.3 Å². The largest absolute Gasteiger partial charge is 0.462 e. The molecule has 2 N–H and O–H groups in total. The molecule has 1 atom stereocenters. The Labute approximate surface area is 123 Å². The highest BCUT2D eigenvalue weighted by Gasteiger charge is 2.19. The molecule has 5 heteroatoms. The quantitative estimate of drug-likeness (QED) is 0.822. The standard InChI is InChI=1S/C15H22N2O2S/c1-11(18)7-15(2,3)10-16-8-12-9-20-14(17-12)13-5-4-6-19-13/h4-6,9,11,16,18H,7-8,10H2,1-3H3. The number of aromatic nitrogens is 1. The molecule has 0 aromatic carbocycles. The third-order valence-electron chi connectivity index (χ3n) is 3.04. The minimum Gasteiger partial charge on any atom is -0.462 e. The van der Waals surface area contributed by atoms with Crippen LogP contribution in [0, 0.1) is 5.41 Å². The predicted octanol–water partition coefficient (Wildman–Crippen LogP) is 3.29. The minimum atomic E-state index is -0.267. The van der Waals surface area contributed by atoms with Gasteiger partial charge in [0.15, 0.2) is 10.8 Å². The van der Waals surface area contributed by atoms with E-state index in [9.17, 15) is 5.11 Å². The smallest absolute Gasteiger partial charge is 0.162 e. The lowest BCUT2D eigenvalue weighted by molar-refractivity contribution is 0.128. The highest BCUT2D eigenvalue weighted by molar-refractivity contribution is 7.13. The molecule has 1 unspecified atom stereocenters. The molecule has 0 spiro atoms. The second-order valence-electron chi connectivity index (χ2n) is 5.94. The zero-order chi connectivity index (χ0) is 14.6. The Kier molecular flexibility index (Phi) is 4.96. The van der Waals surface area contributed by atoms with Gasteiger partial charge >= 0.3 is 0 Å². The Morgan fingerprint density at radius 3 is 2.95 bits per heavy atom. The molecule has 0 aliphatic rings. The number of hydrogen-bond acceptors (Lipinski definition) is 5. The van der Waals surface area contributed by atoms with Gasteiger partial charge in [-0.1, -0.05) is 13.8 Å². The van der Waals surface area contributed by atoms with Crippen LogP contribution in [0.5, 0.6) is 0 Å². The van der Waals surface area contributed by atoms with Crippen LogP contribution in [0.25, 0.3) is 10.8 Å². The Balaban J connectivity index is 1.83. The van der Waals surface area contributed by atoms with Gasteiger partial charge in [-0.3, -0.25) is 0 Å². The maximum absolute atomic E-state index is 9.46. The van der Waals surface area contributed by atoms with Crippen molar-refractivity contribution < 1.29 is 9.52 Å². The van der Waals surface area contributed by atoms with Crippen molar-refractivity contribution in [2.24, 2.45) is 5.41 Å². The molecular formula is C15H22N2O2S. The average molecular weight is 294 g/mol. The fraction of sp³-hybridized carbons (Fsp3) is 0.533. The summed E-state index contributed by atoms with van der Waals surface area (Å²) in [6, 6.07) is 3.79. The molecule has 20 heavy (non-hydrogen) atoms. The summed E-state index contributed by atoms with van der Waals surface area (Å²) >= 11 is 1.59. The van der Waals surface area contributed by atoms with E-state index < -0.39 is 0 Å². The van der Waals surface area contributed by atoms with E-state index in [1.807, 2.05) is 24.4 Å². The molecule has 0 saturated carbocycles. The summed E-state index contributed by atoms with van der Waals surface area (Å²) < 4.78 is 5.34. The summed E-state index contributed by atoms with van der Waals surface area (Å²) in [6.45, 7) is 7.73. The number of aliphatic hydroxyl groups excluding tert-OH is 1. The highest BCUT2D eigenvalue weighted by atomic mass is 32.1.